The largest absolute Gasteiger partial charge is 0.444 e. The van der Waals surface area contributed by atoms with Gasteiger partial charge in [0.05, 0.1) is 12.6 Å². The second-order valence-electron chi connectivity index (χ2n) is 10.5. The van der Waals surface area contributed by atoms with Gasteiger partial charge in [-0.15, -0.1) is 6.58 Å². The van der Waals surface area contributed by atoms with Gasteiger partial charge in [-0.2, -0.15) is 0 Å². The number of carbonyl (C=O) groups is 2. The molecule has 6 nitrogen and oxygen atoms in total. The number of ether oxygens (including phenoxy) is 2. The van der Waals surface area contributed by atoms with Crippen LogP contribution in [0, 0.1) is 0 Å². The number of hydrogen-bond acceptors (Lipinski definition) is 4. The topological polar surface area (TPSA) is 67.9 Å². The minimum Gasteiger partial charge on any atom is -0.444 e. The van der Waals surface area contributed by atoms with E-state index >= 15 is 0 Å². The van der Waals surface area contributed by atoms with E-state index < -0.39 is 23.8 Å². The molecule has 1 fully saturated rings. The van der Waals surface area contributed by atoms with Crippen LogP contribution in [0.1, 0.15) is 62.8 Å². The first-order valence-electron chi connectivity index (χ1n) is 12.3. The Balaban J connectivity index is 1.76. The van der Waals surface area contributed by atoms with E-state index in [-0.39, 0.29) is 6.09 Å². The zero-order valence-electron chi connectivity index (χ0n) is 21.5. The summed E-state index contributed by atoms with van der Waals surface area (Å²) in [5.74, 6) is 0.410. The van der Waals surface area contributed by atoms with Crippen molar-refractivity contribution in [3.05, 3.63) is 83.4 Å². The van der Waals surface area contributed by atoms with Crippen molar-refractivity contribution in [1.82, 2.24) is 10.2 Å². The predicted octanol–water partition coefficient (Wildman–Crippen LogP) is 6.00. The molecule has 35 heavy (non-hydrogen) atoms. The van der Waals surface area contributed by atoms with Gasteiger partial charge in [-0.3, -0.25) is 0 Å². The lowest BCUT2D eigenvalue weighted by Crippen LogP contribution is -2.48. The highest BCUT2D eigenvalue weighted by atomic mass is 16.6. The lowest BCUT2D eigenvalue weighted by atomic mass is 9.98. The van der Waals surface area contributed by atoms with Gasteiger partial charge in [-0.25, -0.2) is 9.59 Å². The molecule has 0 unspecified atom stereocenters. The smallest absolute Gasteiger partial charge is 0.410 e. The Morgan fingerprint density at radius 3 is 2.54 bits per heavy atom. The van der Waals surface area contributed by atoms with Gasteiger partial charge in [0, 0.05) is 6.54 Å². The van der Waals surface area contributed by atoms with Crippen LogP contribution in [0.2, 0.25) is 0 Å². The second-order valence-corrected chi connectivity index (χ2v) is 10.5. The Labute approximate surface area is 209 Å². The molecule has 3 rings (SSSR count). The zero-order valence-corrected chi connectivity index (χ0v) is 21.5. The standard InChI is InChI=1S/C29H38N2O4/c1-7-10-21-11-8-12-22(15-21)17-25(30-27(32)35-29(4,5)6)26-19-31(28(33)34-26)18-23-13-9-14-24(16-23)20(2)3/h7-9,11-16,20,25-26H,1,10,17-19H2,2-6H3,(H,30,32)/t25-,26+/m0/s1. The highest BCUT2D eigenvalue weighted by Gasteiger charge is 2.38. The van der Waals surface area contributed by atoms with Crippen LogP contribution in [-0.4, -0.2) is 41.4 Å². The number of amides is 2. The molecule has 6 heteroatoms. The number of benzene rings is 2. The number of nitrogens with zero attached hydrogens (tertiary/aromatic N) is 1. The molecule has 0 bridgehead atoms. The van der Waals surface area contributed by atoms with Gasteiger partial charge in [0.15, 0.2) is 0 Å². The normalized spacial score (nSPS) is 16.7. The summed E-state index contributed by atoms with van der Waals surface area (Å²) in [6.45, 7) is 14.4. The van der Waals surface area contributed by atoms with Crippen molar-refractivity contribution >= 4 is 12.2 Å². The van der Waals surface area contributed by atoms with Crippen molar-refractivity contribution < 1.29 is 19.1 Å². The van der Waals surface area contributed by atoms with Crippen LogP contribution in [0.4, 0.5) is 9.59 Å². The Bertz CT molecular complexity index is 1040. The Hall–Kier alpha value is -3.28. The molecule has 1 aliphatic rings. The molecule has 0 spiro atoms. The molecule has 2 atom stereocenters. The third-order valence-corrected chi connectivity index (χ3v) is 5.88. The molecule has 1 saturated heterocycles. The highest BCUT2D eigenvalue weighted by Crippen LogP contribution is 2.23. The molecule has 1 aliphatic heterocycles. The fourth-order valence-electron chi connectivity index (χ4n) is 4.18. The zero-order chi connectivity index (χ0) is 25.6. The van der Waals surface area contributed by atoms with E-state index in [1.165, 1.54) is 5.56 Å². The summed E-state index contributed by atoms with van der Waals surface area (Å²) in [5, 5.41) is 2.96. The van der Waals surface area contributed by atoms with Gasteiger partial charge >= 0.3 is 12.2 Å². The summed E-state index contributed by atoms with van der Waals surface area (Å²) in [6, 6.07) is 16.0. The summed E-state index contributed by atoms with van der Waals surface area (Å²) in [7, 11) is 0. The molecular weight excluding hydrogens is 440 g/mol. The first kappa shape index (κ1) is 26.3. The van der Waals surface area contributed by atoms with Gasteiger partial charge in [0.1, 0.15) is 11.7 Å². The quantitative estimate of drug-likeness (QED) is 0.449. The number of allylic oxidation sites excluding steroid dienone is 1. The fraction of sp³-hybridized carbons (Fsp3) is 0.448. The van der Waals surface area contributed by atoms with Gasteiger partial charge < -0.3 is 19.7 Å². The molecular formula is C29H38N2O4. The van der Waals surface area contributed by atoms with Crippen molar-refractivity contribution in [2.45, 2.75) is 77.7 Å². The molecule has 0 aliphatic carbocycles. The fourth-order valence-corrected chi connectivity index (χ4v) is 4.18. The van der Waals surface area contributed by atoms with Gasteiger partial charge in [0.25, 0.3) is 0 Å². The number of nitrogens with one attached hydrogen (secondary N) is 1. The van der Waals surface area contributed by atoms with Crippen LogP contribution in [0.5, 0.6) is 0 Å². The SMILES string of the molecule is C=CCc1cccc(C[C@H](NC(=O)OC(C)(C)C)[C@H]2CN(Cc3cccc(C(C)C)c3)C(=O)O2)c1. The lowest BCUT2D eigenvalue weighted by Gasteiger charge is -2.26. The van der Waals surface area contributed by atoms with Crippen LogP contribution in [0.3, 0.4) is 0 Å². The molecule has 0 aromatic heterocycles. The molecule has 0 radical (unpaired) electrons. The molecule has 2 aromatic carbocycles. The van der Waals surface area contributed by atoms with E-state index in [2.05, 4.69) is 43.9 Å². The number of cyclic esters (lactones) is 1. The Morgan fingerprint density at radius 2 is 1.86 bits per heavy atom. The predicted molar refractivity (Wildman–Crippen MR) is 138 cm³/mol. The molecule has 1 N–H and O–H groups in total. The summed E-state index contributed by atoms with van der Waals surface area (Å²) < 4.78 is 11.3. The molecule has 1 heterocycles. The van der Waals surface area contributed by atoms with Crippen molar-refractivity contribution in [3.8, 4) is 0 Å². The molecule has 0 saturated carbocycles. The average Bonchev–Trinajstić information content (AvgIpc) is 3.13. The van der Waals surface area contributed by atoms with Crippen LogP contribution in [0.15, 0.2) is 61.2 Å². The summed E-state index contributed by atoms with van der Waals surface area (Å²) in [4.78, 5) is 27.1. The number of carbonyl (C=O) groups excluding carboxylic acids is 2. The van der Waals surface area contributed by atoms with Gasteiger partial charge in [-0.1, -0.05) is 68.5 Å². The van der Waals surface area contributed by atoms with Crippen molar-refractivity contribution in [2.75, 3.05) is 6.54 Å². The maximum Gasteiger partial charge on any atom is 0.410 e. The van der Waals surface area contributed by atoms with Gasteiger partial charge in [0.2, 0.25) is 0 Å². The Morgan fingerprint density at radius 1 is 1.17 bits per heavy atom. The third-order valence-electron chi connectivity index (χ3n) is 5.88. The van der Waals surface area contributed by atoms with E-state index in [4.69, 9.17) is 9.47 Å². The van der Waals surface area contributed by atoms with Gasteiger partial charge in [-0.05, 0) is 61.8 Å². The van der Waals surface area contributed by atoms with Crippen LogP contribution in [-0.2, 0) is 28.9 Å². The minimum atomic E-state index is -0.627. The van der Waals surface area contributed by atoms with Crippen molar-refractivity contribution in [1.29, 1.82) is 0 Å². The third kappa shape index (κ3) is 7.88. The summed E-state index contributed by atoms with van der Waals surface area (Å²) in [5.41, 5.74) is 3.85. The van der Waals surface area contributed by atoms with Crippen molar-refractivity contribution in [3.63, 3.8) is 0 Å². The lowest BCUT2D eigenvalue weighted by molar-refractivity contribution is 0.0436. The summed E-state index contributed by atoms with van der Waals surface area (Å²) in [6.07, 6.45) is 1.75. The van der Waals surface area contributed by atoms with E-state index in [0.29, 0.717) is 25.4 Å². The molecule has 2 amide bonds. The van der Waals surface area contributed by atoms with E-state index in [0.717, 1.165) is 23.1 Å². The van der Waals surface area contributed by atoms with E-state index in [1.807, 2.05) is 57.2 Å². The number of rotatable bonds is 9. The highest BCUT2D eigenvalue weighted by molar-refractivity contribution is 5.71. The minimum absolute atomic E-state index is 0.374. The molecule has 188 valence electrons. The maximum atomic E-state index is 12.8. The number of hydrogen-bond donors (Lipinski definition) is 1. The van der Waals surface area contributed by atoms with E-state index in [9.17, 15) is 9.59 Å². The van der Waals surface area contributed by atoms with Crippen LogP contribution >= 0.6 is 0 Å². The average molecular weight is 479 g/mol. The first-order chi connectivity index (χ1) is 16.5. The second kappa shape index (κ2) is 11.4. The maximum absolute atomic E-state index is 12.8. The first-order valence-corrected chi connectivity index (χ1v) is 12.3. The number of alkyl carbamates (subject to hydrolysis) is 1. The van der Waals surface area contributed by atoms with E-state index in [1.54, 1.807) is 4.90 Å². The van der Waals surface area contributed by atoms with Crippen molar-refractivity contribution in [2.24, 2.45) is 0 Å². The summed E-state index contributed by atoms with van der Waals surface area (Å²) >= 11 is 0. The molecule has 2 aromatic rings. The van der Waals surface area contributed by atoms with Crippen LogP contribution in [0.25, 0.3) is 0 Å². The monoisotopic (exact) mass is 478 g/mol. The van der Waals surface area contributed by atoms with Crippen LogP contribution < -0.4 is 5.32 Å². The Kier molecular flexibility index (Phi) is 8.60.